The highest BCUT2D eigenvalue weighted by atomic mass is 31.2. The molecule has 0 bridgehead atoms. The lowest BCUT2D eigenvalue weighted by Crippen LogP contribution is -2.10. The van der Waals surface area contributed by atoms with Crippen molar-refractivity contribution in [2.45, 2.75) is 0 Å². The van der Waals surface area contributed by atoms with E-state index in [0.717, 1.165) is 5.69 Å². The SMILES string of the molecule is C[P+](C)(C)c1cccc(-c2cc([P+](C)(C)C)ccn2)c1. The van der Waals surface area contributed by atoms with Gasteiger partial charge in [0.1, 0.15) is 0 Å². The summed E-state index contributed by atoms with van der Waals surface area (Å²) in [6.45, 7) is 14.1. The van der Waals surface area contributed by atoms with Gasteiger partial charge >= 0.3 is 0 Å². The third-order valence-electron chi connectivity index (χ3n) is 3.43. The molecular weight excluding hydrogens is 280 g/mol. The molecule has 1 heterocycles. The summed E-state index contributed by atoms with van der Waals surface area (Å²) < 4.78 is 0. The summed E-state index contributed by atoms with van der Waals surface area (Å²) in [6.07, 6.45) is 1.95. The van der Waals surface area contributed by atoms with Gasteiger partial charge in [0.15, 0.2) is 0 Å². The van der Waals surface area contributed by atoms with Crippen molar-refractivity contribution in [1.82, 2.24) is 4.98 Å². The van der Waals surface area contributed by atoms with Crippen LogP contribution in [0.25, 0.3) is 11.3 Å². The molecule has 2 rings (SSSR count). The van der Waals surface area contributed by atoms with E-state index >= 15 is 0 Å². The molecule has 0 aliphatic rings. The molecule has 0 atom stereocenters. The number of rotatable bonds is 3. The molecule has 2 aromatic rings. The number of nitrogens with zero attached hydrogens (tertiary/aromatic N) is 1. The van der Waals surface area contributed by atoms with E-state index in [4.69, 9.17) is 0 Å². The van der Waals surface area contributed by atoms with Crippen molar-refractivity contribution >= 4 is 25.1 Å². The molecule has 0 aliphatic carbocycles. The van der Waals surface area contributed by atoms with E-state index in [1.54, 1.807) is 0 Å². The first-order valence-corrected chi connectivity index (χ1v) is 13.1. The van der Waals surface area contributed by atoms with E-state index in [1.807, 2.05) is 6.20 Å². The van der Waals surface area contributed by atoms with Crippen LogP contribution in [-0.4, -0.2) is 45.0 Å². The lowest BCUT2D eigenvalue weighted by molar-refractivity contribution is 1.34. The third kappa shape index (κ3) is 3.66. The number of aromatic nitrogens is 1. The number of pyridine rings is 1. The number of hydrogen-bond donors (Lipinski definition) is 0. The maximum absolute atomic E-state index is 4.58. The molecule has 20 heavy (non-hydrogen) atoms. The zero-order chi connectivity index (χ0) is 15.0. The van der Waals surface area contributed by atoms with Gasteiger partial charge in [-0.3, -0.25) is 4.98 Å². The topological polar surface area (TPSA) is 12.9 Å². The third-order valence-corrected chi connectivity index (χ3v) is 7.09. The first-order valence-electron chi connectivity index (χ1n) is 6.88. The number of benzene rings is 1. The molecule has 1 nitrogen and oxygen atoms in total. The van der Waals surface area contributed by atoms with Gasteiger partial charge in [-0.25, -0.2) is 0 Å². The summed E-state index contributed by atoms with van der Waals surface area (Å²) in [5, 5.41) is 2.91. The summed E-state index contributed by atoms with van der Waals surface area (Å²) in [5.74, 6) is 0. The minimum atomic E-state index is -0.993. The molecule has 0 saturated carbocycles. The molecule has 3 heteroatoms. The highest BCUT2D eigenvalue weighted by Crippen LogP contribution is 2.46. The van der Waals surface area contributed by atoms with Crippen LogP contribution >= 0.6 is 14.5 Å². The minimum Gasteiger partial charge on any atom is -0.256 e. The van der Waals surface area contributed by atoms with Gasteiger partial charge in [-0.05, 0) is 18.2 Å². The lowest BCUT2D eigenvalue weighted by atomic mass is 10.1. The first-order chi connectivity index (χ1) is 9.18. The minimum absolute atomic E-state index is 0.981. The van der Waals surface area contributed by atoms with Crippen molar-refractivity contribution in [2.24, 2.45) is 0 Å². The molecule has 0 amide bonds. The van der Waals surface area contributed by atoms with E-state index in [9.17, 15) is 0 Å². The van der Waals surface area contributed by atoms with Crippen LogP contribution < -0.4 is 10.6 Å². The van der Waals surface area contributed by atoms with Crippen molar-refractivity contribution in [1.29, 1.82) is 0 Å². The molecule has 0 unspecified atom stereocenters. The molecule has 0 aliphatic heterocycles. The van der Waals surface area contributed by atoms with Gasteiger partial charge in [-0.15, -0.1) is 0 Å². The lowest BCUT2D eigenvalue weighted by Gasteiger charge is -2.14. The van der Waals surface area contributed by atoms with E-state index in [2.05, 4.69) is 81.4 Å². The Morgan fingerprint density at radius 3 is 1.95 bits per heavy atom. The average molecular weight is 305 g/mol. The van der Waals surface area contributed by atoms with Gasteiger partial charge in [0, 0.05) is 32.4 Å². The Kier molecular flexibility index (Phi) is 4.33. The van der Waals surface area contributed by atoms with Crippen LogP contribution in [0.3, 0.4) is 0 Å². The van der Waals surface area contributed by atoms with Crippen molar-refractivity contribution < 1.29 is 0 Å². The van der Waals surface area contributed by atoms with Crippen LogP contribution in [0.1, 0.15) is 0 Å². The van der Waals surface area contributed by atoms with Gasteiger partial charge in [-0.2, -0.15) is 0 Å². The zero-order valence-corrected chi connectivity index (χ0v) is 15.2. The standard InChI is InChI=1S/C17H25NP2/c1-19(2,3)15-9-7-8-14(12-15)17-13-16(10-11-18-17)20(4,5)6/h7-13H,1-6H3/q+2. The van der Waals surface area contributed by atoms with E-state index in [0.29, 0.717) is 0 Å². The molecular formula is C17H25NP2+2. The van der Waals surface area contributed by atoms with Crippen molar-refractivity contribution in [3.8, 4) is 11.3 Å². The quantitative estimate of drug-likeness (QED) is 0.786. The largest absolute Gasteiger partial charge is 0.256 e. The van der Waals surface area contributed by atoms with Crippen LogP contribution in [0.5, 0.6) is 0 Å². The van der Waals surface area contributed by atoms with Crippen molar-refractivity contribution in [3.63, 3.8) is 0 Å². The average Bonchev–Trinajstić information content (AvgIpc) is 2.37. The highest BCUT2D eigenvalue weighted by Gasteiger charge is 2.23. The Bertz CT molecular complexity index is 551. The van der Waals surface area contributed by atoms with Gasteiger partial charge in [0.25, 0.3) is 0 Å². The fourth-order valence-corrected chi connectivity index (χ4v) is 4.16. The van der Waals surface area contributed by atoms with Gasteiger partial charge in [-0.1, -0.05) is 12.1 Å². The summed E-state index contributed by atoms with van der Waals surface area (Å²) in [5.41, 5.74) is 2.35. The van der Waals surface area contributed by atoms with Gasteiger partial charge in [0.2, 0.25) is 0 Å². The molecule has 1 aromatic carbocycles. The second-order valence-corrected chi connectivity index (χ2v) is 16.1. The molecule has 0 saturated heterocycles. The Morgan fingerprint density at radius 2 is 1.35 bits per heavy atom. The summed E-state index contributed by atoms with van der Waals surface area (Å²) in [7, 11) is -1.97. The molecule has 106 valence electrons. The van der Waals surface area contributed by atoms with Crippen LogP contribution in [0.2, 0.25) is 0 Å². The Hall–Kier alpha value is -0.770. The first kappa shape index (κ1) is 15.6. The molecule has 1 aromatic heterocycles. The van der Waals surface area contributed by atoms with Gasteiger partial charge in [0.05, 0.1) is 56.3 Å². The monoisotopic (exact) mass is 305 g/mol. The predicted octanol–water partition coefficient (Wildman–Crippen LogP) is 3.81. The second kappa shape index (κ2) is 5.55. The fraction of sp³-hybridized carbons (Fsp3) is 0.353. The van der Waals surface area contributed by atoms with Crippen molar-refractivity contribution in [2.75, 3.05) is 40.0 Å². The van der Waals surface area contributed by atoms with Crippen LogP contribution in [-0.2, 0) is 0 Å². The molecule has 0 N–H and O–H groups in total. The maximum Gasteiger partial charge on any atom is 0.0967 e. The normalized spacial score (nSPS) is 12.5. The maximum atomic E-state index is 4.58. The fourth-order valence-electron chi connectivity index (χ4n) is 2.08. The van der Waals surface area contributed by atoms with Crippen molar-refractivity contribution in [3.05, 3.63) is 42.6 Å². The summed E-state index contributed by atoms with van der Waals surface area (Å²) in [4.78, 5) is 4.58. The molecule has 0 fully saturated rings. The highest BCUT2D eigenvalue weighted by molar-refractivity contribution is 7.81. The predicted molar refractivity (Wildman–Crippen MR) is 98.3 cm³/mol. The van der Waals surface area contributed by atoms with Crippen LogP contribution in [0.4, 0.5) is 0 Å². The Balaban J connectivity index is 2.47. The van der Waals surface area contributed by atoms with E-state index < -0.39 is 14.5 Å². The van der Waals surface area contributed by atoms with Gasteiger partial charge < -0.3 is 0 Å². The molecule has 0 spiro atoms. The summed E-state index contributed by atoms with van der Waals surface area (Å²) >= 11 is 0. The Morgan fingerprint density at radius 1 is 0.750 bits per heavy atom. The van der Waals surface area contributed by atoms with Crippen LogP contribution in [0, 0.1) is 0 Å². The zero-order valence-electron chi connectivity index (χ0n) is 13.4. The smallest absolute Gasteiger partial charge is 0.0967 e. The van der Waals surface area contributed by atoms with E-state index in [-0.39, 0.29) is 0 Å². The van der Waals surface area contributed by atoms with Crippen LogP contribution in [0.15, 0.2) is 42.6 Å². The number of hydrogen-bond acceptors (Lipinski definition) is 1. The second-order valence-electron chi connectivity index (χ2n) is 6.97. The molecule has 0 radical (unpaired) electrons. The Labute approximate surface area is 124 Å². The van der Waals surface area contributed by atoms with E-state index in [1.165, 1.54) is 16.2 Å². The summed E-state index contributed by atoms with van der Waals surface area (Å²) in [6, 6.07) is 13.3.